The number of rotatable bonds is 4. The standard InChI is InChI=1S/C17H16O3/c1-12-14(10-18)9-16(17-15(12)7-8-19-17)20-11-13-5-3-2-4-6-13/h2-6,9-10H,7-8,11H2,1H3. The summed E-state index contributed by atoms with van der Waals surface area (Å²) < 4.78 is 11.5. The van der Waals surface area contributed by atoms with Crippen LogP contribution in [-0.2, 0) is 13.0 Å². The van der Waals surface area contributed by atoms with Crippen molar-refractivity contribution in [3.05, 3.63) is 58.7 Å². The summed E-state index contributed by atoms with van der Waals surface area (Å²) in [5, 5.41) is 0. The van der Waals surface area contributed by atoms with E-state index < -0.39 is 0 Å². The average molecular weight is 268 g/mol. The number of hydrogen-bond donors (Lipinski definition) is 0. The van der Waals surface area contributed by atoms with Crippen LogP contribution in [0.15, 0.2) is 36.4 Å². The zero-order valence-corrected chi connectivity index (χ0v) is 11.4. The molecule has 0 saturated carbocycles. The second-order valence-electron chi connectivity index (χ2n) is 4.89. The van der Waals surface area contributed by atoms with E-state index in [-0.39, 0.29) is 0 Å². The quantitative estimate of drug-likeness (QED) is 0.798. The highest BCUT2D eigenvalue weighted by atomic mass is 16.5. The lowest BCUT2D eigenvalue weighted by Gasteiger charge is -2.13. The zero-order chi connectivity index (χ0) is 13.9. The van der Waals surface area contributed by atoms with E-state index >= 15 is 0 Å². The van der Waals surface area contributed by atoms with E-state index in [9.17, 15) is 4.79 Å². The Balaban J connectivity index is 1.90. The van der Waals surface area contributed by atoms with Gasteiger partial charge in [0, 0.05) is 17.5 Å². The minimum Gasteiger partial charge on any atom is -0.489 e. The highest BCUT2D eigenvalue weighted by Gasteiger charge is 2.22. The van der Waals surface area contributed by atoms with E-state index in [4.69, 9.17) is 9.47 Å². The number of benzene rings is 2. The minimum absolute atomic E-state index is 0.470. The predicted octanol–water partition coefficient (Wildman–Crippen LogP) is 3.32. The van der Waals surface area contributed by atoms with Crippen LogP contribution in [0.3, 0.4) is 0 Å². The summed E-state index contributed by atoms with van der Waals surface area (Å²) in [6.07, 6.45) is 1.72. The molecule has 0 aromatic heterocycles. The van der Waals surface area contributed by atoms with Crippen LogP contribution in [0.4, 0.5) is 0 Å². The van der Waals surface area contributed by atoms with Crippen molar-refractivity contribution in [3.8, 4) is 11.5 Å². The van der Waals surface area contributed by atoms with Crippen molar-refractivity contribution in [3.63, 3.8) is 0 Å². The van der Waals surface area contributed by atoms with Gasteiger partial charge in [-0.25, -0.2) is 0 Å². The second kappa shape index (κ2) is 5.37. The molecule has 0 fully saturated rings. The smallest absolute Gasteiger partial charge is 0.164 e. The molecule has 0 spiro atoms. The second-order valence-corrected chi connectivity index (χ2v) is 4.89. The molecule has 3 nitrogen and oxygen atoms in total. The fourth-order valence-corrected chi connectivity index (χ4v) is 2.49. The first-order valence-electron chi connectivity index (χ1n) is 6.71. The Hall–Kier alpha value is -2.29. The third-order valence-electron chi connectivity index (χ3n) is 3.63. The SMILES string of the molecule is Cc1c(C=O)cc(OCc2ccccc2)c2c1CCO2. The first-order valence-corrected chi connectivity index (χ1v) is 6.71. The molecule has 0 unspecified atom stereocenters. The minimum atomic E-state index is 0.470. The molecule has 1 aliphatic rings. The summed E-state index contributed by atoms with van der Waals surface area (Å²) in [5.41, 5.74) is 3.86. The largest absolute Gasteiger partial charge is 0.489 e. The molecule has 0 N–H and O–H groups in total. The maximum Gasteiger partial charge on any atom is 0.164 e. The van der Waals surface area contributed by atoms with Gasteiger partial charge in [-0.05, 0) is 24.1 Å². The molecule has 2 aromatic carbocycles. The fourth-order valence-electron chi connectivity index (χ4n) is 2.49. The lowest BCUT2D eigenvalue weighted by Crippen LogP contribution is -2.00. The summed E-state index contributed by atoms with van der Waals surface area (Å²) >= 11 is 0. The monoisotopic (exact) mass is 268 g/mol. The summed E-state index contributed by atoms with van der Waals surface area (Å²) in [5.74, 6) is 1.46. The Bertz CT molecular complexity index is 632. The van der Waals surface area contributed by atoms with Gasteiger partial charge in [0.2, 0.25) is 0 Å². The zero-order valence-electron chi connectivity index (χ0n) is 11.4. The summed E-state index contributed by atoms with van der Waals surface area (Å²) in [4.78, 5) is 11.2. The van der Waals surface area contributed by atoms with E-state index in [1.165, 1.54) is 0 Å². The van der Waals surface area contributed by atoms with Gasteiger partial charge in [-0.1, -0.05) is 30.3 Å². The molecule has 0 amide bonds. The number of fused-ring (bicyclic) bond motifs is 1. The van der Waals surface area contributed by atoms with Crippen molar-refractivity contribution in [1.82, 2.24) is 0 Å². The number of hydrogen-bond acceptors (Lipinski definition) is 3. The van der Waals surface area contributed by atoms with E-state index in [1.807, 2.05) is 37.3 Å². The third-order valence-corrected chi connectivity index (χ3v) is 3.63. The highest BCUT2D eigenvalue weighted by molar-refractivity contribution is 5.80. The van der Waals surface area contributed by atoms with Crippen molar-refractivity contribution in [2.45, 2.75) is 20.0 Å². The third kappa shape index (κ3) is 2.27. The van der Waals surface area contributed by atoms with Crippen molar-refractivity contribution in [2.75, 3.05) is 6.61 Å². The van der Waals surface area contributed by atoms with Gasteiger partial charge in [0.1, 0.15) is 12.9 Å². The molecule has 0 atom stereocenters. The molecule has 20 heavy (non-hydrogen) atoms. The van der Waals surface area contributed by atoms with Crippen molar-refractivity contribution < 1.29 is 14.3 Å². The molecule has 0 aliphatic carbocycles. The van der Waals surface area contributed by atoms with Crippen LogP contribution >= 0.6 is 0 Å². The van der Waals surface area contributed by atoms with Gasteiger partial charge in [-0.2, -0.15) is 0 Å². The molecule has 1 heterocycles. The Morgan fingerprint density at radius 2 is 2.10 bits per heavy atom. The van der Waals surface area contributed by atoms with Crippen LogP contribution in [0.25, 0.3) is 0 Å². The normalized spacial score (nSPS) is 12.7. The Morgan fingerprint density at radius 3 is 2.85 bits per heavy atom. The molecule has 3 rings (SSSR count). The summed E-state index contributed by atoms with van der Waals surface area (Å²) in [6, 6.07) is 11.7. The lowest BCUT2D eigenvalue weighted by molar-refractivity contribution is 0.112. The molecular weight excluding hydrogens is 252 g/mol. The van der Waals surface area contributed by atoms with Gasteiger partial charge in [-0.3, -0.25) is 4.79 Å². The molecule has 0 bridgehead atoms. The number of ether oxygens (including phenoxy) is 2. The lowest BCUT2D eigenvalue weighted by atomic mass is 10.0. The number of carbonyl (C=O) groups excluding carboxylic acids is 1. The van der Waals surface area contributed by atoms with Crippen LogP contribution in [-0.4, -0.2) is 12.9 Å². The molecule has 0 radical (unpaired) electrons. The highest BCUT2D eigenvalue weighted by Crippen LogP contribution is 2.39. The molecule has 3 heteroatoms. The Labute approximate surface area is 118 Å². The van der Waals surface area contributed by atoms with Gasteiger partial charge >= 0.3 is 0 Å². The van der Waals surface area contributed by atoms with E-state index in [0.717, 1.165) is 35.1 Å². The topological polar surface area (TPSA) is 35.5 Å². The first kappa shape index (κ1) is 12.7. The van der Waals surface area contributed by atoms with Gasteiger partial charge in [0.25, 0.3) is 0 Å². The van der Waals surface area contributed by atoms with Crippen LogP contribution in [0, 0.1) is 6.92 Å². The summed E-state index contributed by atoms with van der Waals surface area (Å²) in [7, 11) is 0. The first-order chi connectivity index (χ1) is 9.79. The van der Waals surface area contributed by atoms with Gasteiger partial charge in [-0.15, -0.1) is 0 Å². The van der Waals surface area contributed by atoms with E-state index in [2.05, 4.69) is 0 Å². The van der Waals surface area contributed by atoms with Crippen molar-refractivity contribution in [2.24, 2.45) is 0 Å². The Morgan fingerprint density at radius 1 is 1.30 bits per heavy atom. The fraction of sp³-hybridized carbons (Fsp3) is 0.235. The van der Waals surface area contributed by atoms with Gasteiger partial charge in [0.15, 0.2) is 11.5 Å². The maximum atomic E-state index is 11.2. The molecule has 102 valence electrons. The van der Waals surface area contributed by atoms with E-state index in [1.54, 1.807) is 6.07 Å². The Kier molecular flexibility index (Phi) is 3.42. The van der Waals surface area contributed by atoms with Crippen LogP contribution in [0.1, 0.15) is 27.0 Å². The summed E-state index contributed by atoms with van der Waals surface area (Å²) in [6.45, 7) is 3.08. The molecular formula is C17H16O3. The number of carbonyl (C=O) groups is 1. The maximum absolute atomic E-state index is 11.2. The molecule has 2 aromatic rings. The molecule has 1 aliphatic heterocycles. The van der Waals surface area contributed by atoms with E-state index in [0.29, 0.717) is 24.5 Å². The van der Waals surface area contributed by atoms with Crippen molar-refractivity contribution >= 4 is 6.29 Å². The molecule has 0 saturated heterocycles. The van der Waals surface area contributed by atoms with Crippen LogP contribution < -0.4 is 9.47 Å². The van der Waals surface area contributed by atoms with Crippen molar-refractivity contribution in [1.29, 1.82) is 0 Å². The van der Waals surface area contributed by atoms with Gasteiger partial charge < -0.3 is 9.47 Å². The van der Waals surface area contributed by atoms with Crippen LogP contribution in [0.2, 0.25) is 0 Å². The predicted molar refractivity (Wildman–Crippen MR) is 76.5 cm³/mol. The van der Waals surface area contributed by atoms with Crippen LogP contribution in [0.5, 0.6) is 11.5 Å². The average Bonchev–Trinajstić information content (AvgIpc) is 2.98. The van der Waals surface area contributed by atoms with Gasteiger partial charge in [0.05, 0.1) is 6.61 Å². The number of aldehydes is 1.